The van der Waals surface area contributed by atoms with Crippen molar-refractivity contribution >= 4 is 27.7 Å². The Kier molecular flexibility index (Phi) is 2.16. The zero-order chi connectivity index (χ0) is 6.15. The van der Waals surface area contributed by atoms with E-state index in [9.17, 15) is 0 Å². The minimum absolute atomic E-state index is 0.0457. The minimum atomic E-state index is 0.0457. The third-order valence-corrected chi connectivity index (χ3v) is 3.10. The summed E-state index contributed by atoms with van der Waals surface area (Å²) in [4.78, 5) is 0. The maximum Gasteiger partial charge on any atom is 0.127 e. The van der Waals surface area contributed by atoms with Crippen molar-refractivity contribution in [2.24, 2.45) is 5.73 Å². The van der Waals surface area contributed by atoms with Gasteiger partial charge in [0, 0.05) is 7.05 Å². The number of nitrogens with two attached hydrogens (primary N) is 1. The number of hydrogen-bond acceptors (Lipinski definition) is 4. The molecule has 0 aromatic carbocycles. The maximum absolute atomic E-state index is 5.50. The zero-order valence-corrected chi connectivity index (χ0v) is 6.87. The summed E-state index contributed by atoms with van der Waals surface area (Å²) in [5.41, 5.74) is 8.54. The van der Waals surface area contributed by atoms with Crippen molar-refractivity contribution in [3.05, 3.63) is 0 Å². The van der Waals surface area contributed by atoms with Gasteiger partial charge in [0.05, 0.1) is 0 Å². The predicted molar refractivity (Wildman–Crippen MR) is 39.2 cm³/mol. The van der Waals surface area contributed by atoms with Crippen molar-refractivity contribution in [3.8, 4) is 0 Å². The van der Waals surface area contributed by atoms with Crippen LogP contribution >= 0.6 is 27.7 Å². The topological polar surface area (TPSA) is 41.3 Å². The number of halogens is 1. The molecule has 0 bridgehead atoms. The Morgan fingerprint density at radius 2 is 2.50 bits per heavy atom. The SMILES string of the molecule is CN1NC(N)SC1Br. The van der Waals surface area contributed by atoms with Gasteiger partial charge in [0.25, 0.3) is 0 Å². The highest BCUT2D eigenvalue weighted by molar-refractivity contribution is 9.11. The van der Waals surface area contributed by atoms with Crippen LogP contribution in [-0.4, -0.2) is 21.8 Å². The summed E-state index contributed by atoms with van der Waals surface area (Å²) in [6, 6.07) is 0. The molecule has 8 heavy (non-hydrogen) atoms. The number of nitrogens with zero attached hydrogens (tertiary/aromatic N) is 1. The molecule has 1 rings (SSSR count). The van der Waals surface area contributed by atoms with Crippen molar-refractivity contribution in [3.63, 3.8) is 0 Å². The van der Waals surface area contributed by atoms with E-state index in [1.54, 1.807) is 11.8 Å². The number of alkyl halides is 1. The van der Waals surface area contributed by atoms with Gasteiger partial charge in [-0.05, 0) is 0 Å². The molecular weight excluding hydrogens is 190 g/mol. The molecule has 1 aliphatic rings. The van der Waals surface area contributed by atoms with Crippen LogP contribution in [-0.2, 0) is 0 Å². The zero-order valence-electron chi connectivity index (χ0n) is 4.47. The summed E-state index contributed by atoms with van der Waals surface area (Å²) in [6.45, 7) is 0. The van der Waals surface area contributed by atoms with Crippen LogP contribution in [0.3, 0.4) is 0 Å². The van der Waals surface area contributed by atoms with Gasteiger partial charge < -0.3 is 5.73 Å². The first-order valence-corrected chi connectivity index (χ1v) is 4.10. The van der Waals surface area contributed by atoms with Crippen LogP contribution in [0.25, 0.3) is 0 Å². The van der Waals surface area contributed by atoms with Crippen molar-refractivity contribution in [1.82, 2.24) is 10.4 Å². The highest BCUT2D eigenvalue weighted by Gasteiger charge is 2.23. The van der Waals surface area contributed by atoms with Gasteiger partial charge in [0.1, 0.15) is 9.78 Å². The van der Waals surface area contributed by atoms with Gasteiger partial charge >= 0.3 is 0 Å². The van der Waals surface area contributed by atoms with Crippen LogP contribution in [0, 0.1) is 0 Å². The molecule has 3 nitrogen and oxygen atoms in total. The van der Waals surface area contributed by atoms with E-state index >= 15 is 0 Å². The summed E-state index contributed by atoms with van der Waals surface area (Å²) < 4.78 is 0.317. The fourth-order valence-corrected chi connectivity index (χ4v) is 2.03. The lowest BCUT2D eigenvalue weighted by molar-refractivity contribution is 0.281. The van der Waals surface area contributed by atoms with Gasteiger partial charge in [0.2, 0.25) is 0 Å². The molecule has 1 aliphatic heterocycles. The Bertz CT molecular complexity index is 80.6. The van der Waals surface area contributed by atoms with Crippen molar-refractivity contribution in [2.45, 2.75) is 9.78 Å². The van der Waals surface area contributed by atoms with Gasteiger partial charge in [-0.1, -0.05) is 27.7 Å². The molecule has 0 amide bonds. The molecule has 0 radical (unpaired) electrons. The smallest absolute Gasteiger partial charge is 0.127 e. The Morgan fingerprint density at radius 1 is 1.88 bits per heavy atom. The predicted octanol–water partition coefficient (Wildman–Crippen LogP) is 0.0904. The van der Waals surface area contributed by atoms with Crippen molar-refractivity contribution in [2.75, 3.05) is 7.05 Å². The molecule has 1 heterocycles. The fraction of sp³-hybridized carbons (Fsp3) is 1.00. The standard InChI is InChI=1S/C3H8BrN3S/c1-7-2(4)8-3(5)6-7/h2-3,6H,5H2,1H3. The van der Waals surface area contributed by atoms with E-state index in [2.05, 4.69) is 21.4 Å². The van der Waals surface area contributed by atoms with Crippen LogP contribution in [0.15, 0.2) is 0 Å². The quantitative estimate of drug-likeness (QED) is 0.427. The molecule has 2 unspecified atom stereocenters. The third kappa shape index (κ3) is 1.35. The normalized spacial score (nSPS) is 40.9. The molecular formula is C3H8BrN3S. The van der Waals surface area contributed by atoms with E-state index < -0.39 is 0 Å². The summed E-state index contributed by atoms with van der Waals surface area (Å²) in [7, 11) is 1.94. The number of hydrazine groups is 1. The van der Waals surface area contributed by atoms with E-state index in [1.165, 1.54) is 0 Å². The Hall–Kier alpha value is 0.710. The molecule has 0 aromatic rings. The number of rotatable bonds is 0. The minimum Gasteiger partial charge on any atom is -0.306 e. The lowest BCUT2D eigenvalue weighted by Crippen LogP contribution is -2.37. The van der Waals surface area contributed by atoms with Crippen molar-refractivity contribution < 1.29 is 0 Å². The highest BCUT2D eigenvalue weighted by Crippen LogP contribution is 2.26. The third-order valence-electron chi connectivity index (χ3n) is 0.894. The first-order valence-electron chi connectivity index (χ1n) is 2.24. The summed E-state index contributed by atoms with van der Waals surface area (Å²) >= 11 is 5.03. The highest BCUT2D eigenvalue weighted by atomic mass is 79.9. The fourth-order valence-electron chi connectivity index (χ4n) is 0.502. The van der Waals surface area contributed by atoms with Gasteiger partial charge in [-0.15, -0.1) is 0 Å². The Morgan fingerprint density at radius 3 is 2.62 bits per heavy atom. The first kappa shape index (κ1) is 6.82. The van der Waals surface area contributed by atoms with E-state index in [0.717, 1.165) is 0 Å². The monoisotopic (exact) mass is 197 g/mol. The summed E-state index contributed by atoms with van der Waals surface area (Å²) in [5.74, 6) is 0. The molecule has 0 spiro atoms. The molecule has 0 aromatic heterocycles. The lowest BCUT2D eigenvalue weighted by atomic mass is 11.1. The van der Waals surface area contributed by atoms with Crippen LogP contribution in [0.5, 0.6) is 0 Å². The van der Waals surface area contributed by atoms with E-state index in [4.69, 9.17) is 5.73 Å². The van der Waals surface area contributed by atoms with Crippen LogP contribution < -0.4 is 11.2 Å². The molecule has 1 saturated heterocycles. The second-order valence-electron chi connectivity index (χ2n) is 1.59. The van der Waals surface area contributed by atoms with Crippen molar-refractivity contribution in [1.29, 1.82) is 0 Å². The lowest BCUT2D eigenvalue weighted by Gasteiger charge is -2.09. The molecule has 2 atom stereocenters. The number of nitrogens with one attached hydrogen (secondary N) is 1. The van der Waals surface area contributed by atoms with E-state index in [1.807, 2.05) is 12.1 Å². The largest absolute Gasteiger partial charge is 0.306 e. The molecule has 1 fully saturated rings. The average Bonchev–Trinajstić information content (AvgIpc) is 1.85. The molecule has 5 heteroatoms. The number of hydrogen-bond donors (Lipinski definition) is 2. The van der Waals surface area contributed by atoms with Crippen LogP contribution in [0.2, 0.25) is 0 Å². The molecule has 48 valence electrons. The molecule has 0 saturated carbocycles. The second-order valence-corrected chi connectivity index (χ2v) is 4.29. The molecule has 0 aliphatic carbocycles. The second kappa shape index (κ2) is 2.53. The van der Waals surface area contributed by atoms with Gasteiger partial charge in [-0.25, -0.2) is 10.4 Å². The van der Waals surface area contributed by atoms with Gasteiger partial charge in [0.15, 0.2) is 0 Å². The first-order chi connectivity index (χ1) is 3.70. The maximum atomic E-state index is 5.50. The summed E-state index contributed by atoms with van der Waals surface area (Å²) in [6.07, 6.45) is 0. The Labute approximate surface area is 61.1 Å². The van der Waals surface area contributed by atoms with E-state index in [-0.39, 0.29) is 5.50 Å². The Balaban J connectivity index is 2.39. The van der Waals surface area contributed by atoms with Crippen LogP contribution in [0.1, 0.15) is 0 Å². The van der Waals surface area contributed by atoms with Gasteiger partial charge in [-0.2, -0.15) is 0 Å². The average molecular weight is 198 g/mol. The van der Waals surface area contributed by atoms with Gasteiger partial charge in [-0.3, -0.25) is 0 Å². The van der Waals surface area contributed by atoms with E-state index in [0.29, 0.717) is 4.28 Å². The van der Waals surface area contributed by atoms with Crippen LogP contribution in [0.4, 0.5) is 0 Å². The summed E-state index contributed by atoms with van der Waals surface area (Å²) in [5, 5.41) is 1.93. The number of thioether (sulfide) groups is 1. The molecule has 3 N–H and O–H groups in total.